The van der Waals surface area contributed by atoms with Crippen LogP contribution in [0, 0.1) is 0 Å². The van der Waals surface area contributed by atoms with Gasteiger partial charge in [0.15, 0.2) is 0 Å². The van der Waals surface area contributed by atoms with Crippen molar-refractivity contribution in [1.82, 2.24) is 9.97 Å². The van der Waals surface area contributed by atoms with Crippen molar-refractivity contribution in [3.63, 3.8) is 0 Å². The van der Waals surface area contributed by atoms with Crippen LogP contribution in [-0.2, 0) is 4.74 Å². The largest absolute Gasteiger partial charge is 0.481 e. The van der Waals surface area contributed by atoms with Crippen molar-refractivity contribution < 1.29 is 23.7 Å². The molecule has 0 radical (unpaired) electrons. The number of carbonyl (C=O) groups excluding carboxylic acids is 1. The molecule has 2 heterocycles. The molecule has 0 amide bonds. The number of ether oxygens (including phenoxy) is 4. The topological polar surface area (TPSA) is 79.8 Å². The van der Waals surface area contributed by atoms with Crippen LogP contribution >= 0.6 is 0 Å². The molecule has 2 unspecified atom stereocenters. The molecule has 0 fully saturated rings. The van der Waals surface area contributed by atoms with Crippen molar-refractivity contribution in [2.75, 3.05) is 14.2 Å². The maximum absolute atomic E-state index is 12.3. The van der Waals surface area contributed by atoms with Crippen LogP contribution in [0.4, 0.5) is 0 Å². The highest BCUT2D eigenvalue weighted by Gasteiger charge is 2.33. The van der Waals surface area contributed by atoms with Gasteiger partial charge >= 0.3 is 12.0 Å². The van der Waals surface area contributed by atoms with Crippen LogP contribution in [0.5, 0.6) is 23.5 Å². The highest BCUT2D eigenvalue weighted by atomic mass is 16.6. The zero-order valence-electron chi connectivity index (χ0n) is 13.9. The van der Waals surface area contributed by atoms with E-state index in [2.05, 4.69) is 9.97 Å². The molecule has 0 N–H and O–H groups in total. The Hall–Kier alpha value is -2.83. The minimum atomic E-state index is -0.416. The molecule has 0 saturated carbocycles. The third-order valence-electron chi connectivity index (χ3n) is 4.03. The van der Waals surface area contributed by atoms with Crippen LogP contribution in [-0.4, -0.2) is 36.3 Å². The summed E-state index contributed by atoms with van der Waals surface area (Å²) in [5, 5.41) is 0. The molecule has 0 saturated heterocycles. The second kappa shape index (κ2) is 6.35. The minimum absolute atomic E-state index is 0.0266. The standard InChI is InChI=1S/C17H18N2O5/c1-9-10(2)23-16(20)15-11(9)6-5-7-12(15)24-17-18-13(21-3)8-14(19-17)22-4/h5-10H,1-4H3. The van der Waals surface area contributed by atoms with Crippen LogP contribution in [0.15, 0.2) is 24.3 Å². The normalized spacial score (nSPS) is 19.2. The Morgan fingerprint density at radius 2 is 1.75 bits per heavy atom. The molecule has 1 aromatic heterocycles. The molecule has 0 aliphatic carbocycles. The number of fused-ring (bicyclic) bond motifs is 1. The van der Waals surface area contributed by atoms with E-state index >= 15 is 0 Å². The fraction of sp³-hybridized carbons (Fsp3) is 0.353. The van der Waals surface area contributed by atoms with Crippen molar-refractivity contribution in [3.05, 3.63) is 35.4 Å². The summed E-state index contributed by atoms with van der Waals surface area (Å²) in [6.45, 7) is 3.87. The molecular weight excluding hydrogens is 312 g/mol. The maximum atomic E-state index is 12.3. The van der Waals surface area contributed by atoms with Crippen LogP contribution < -0.4 is 14.2 Å². The zero-order chi connectivity index (χ0) is 17.3. The highest BCUT2D eigenvalue weighted by molar-refractivity contribution is 5.95. The number of nitrogens with zero attached hydrogens (tertiary/aromatic N) is 2. The molecule has 2 aromatic rings. The Balaban J connectivity index is 2.02. The van der Waals surface area contributed by atoms with Gasteiger partial charge in [0, 0.05) is 5.92 Å². The summed E-state index contributed by atoms with van der Waals surface area (Å²) in [4.78, 5) is 20.5. The fourth-order valence-corrected chi connectivity index (χ4v) is 2.55. The van der Waals surface area contributed by atoms with E-state index < -0.39 is 5.97 Å². The molecule has 0 spiro atoms. The smallest absolute Gasteiger partial charge is 0.342 e. The summed E-state index contributed by atoms with van der Waals surface area (Å²) in [6, 6.07) is 6.96. The van der Waals surface area contributed by atoms with Gasteiger partial charge in [0.1, 0.15) is 17.4 Å². The summed E-state index contributed by atoms with van der Waals surface area (Å²) in [5.41, 5.74) is 1.28. The van der Waals surface area contributed by atoms with Gasteiger partial charge in [-0.15, -0.1) is 0 Å². The minimum Gasteiger partial charge on any atom is -0.481 e. The highest BCUT2D eigenvalue weighted by Crippen LogP contribution is 2.37. The quantitative estimate of drug-likeness (QED) is 0.797. The average molecular weight is 330 g/mol. The van der Waals surface area contributed by atoms with Gasteiger partial charge < -0.3 is 18.9 Å². The molecule has 126 valence electrons. The summed E-state index contributed by atoms with van der Waals surface area (Å²) in [7, 11) is 2.97. The van der Waals surface area contributed by atoms with Gasteiger partial charge in [0.2, 0.25) is 11.8 Å². The number of methoxy groups -OCH3 is 2. The predicted molar refractivity (Wildman–Crippen MR) is 84.9 cm³/mol. The Bertz CT molecular complexity index is 755. The zero-order valence-corrected chi connectivity index (χ0v) is 13.9. The maximum Gasteiger partial charge on any atom is 0.342 e. The number of hydrogen-bond acceptors (Lipinski definition) is 7. The third kappa shape index (κ3) is 2.84. The van der Waals surface area contributed by atoms with Crippen molar-refractivity contribution in [3.8, 4) is 23.5 Å². The van der Waals surface area contributed by atoms with Crippen LogP contribution in [0.1, 0.15) is 35.7 Å². The number of esters is 1. The first kappa shape index (κ1) is 16.0. The third-order valence-corrected chi connectivity index (χ3v) is 4.03. The van der Waals surface area contributed by atoms with E-state index in [-0.39, 0.29) is 18.0 Å². The number of cyclic esters (lactones) is 1. The molecule has 1 aliphatic heterocycles. The Kier molecular flexibility index (Phi) is 4.24. The monoisotopic (exact) mass is 330 g/mol. The van der Waals surface area contributed by atoms with Crippen molar-refractivity contribution >= 4 is 5.97 Å². The van der Waals surface area contributed by atoms with E-state index in [0.29, 0.717) is 23.1 Å². The SMILES string of the molecule is COc1cc(OC)nc(Oc2cccc3c2C(=O)OC(C)C3C)n1. The Morgan fingerprint density at radius 3 is 2.38 bits per heavy atom. The first-order valence-electron chi connectivity index (χ1n) is 7.52. The summed E-state index contributed by atoms with van der Waals surface area (Å²) in [5.74, 6) is 0.590. The number of rotatable bonds is 4. The molecule has 0 bridgehead atoms. The summed E-state index contributed by atoms with van der Waals surface area (Å²) in [6.07, 6.45) is -0.187. The number of hydrogen-bond donors (Lipinski definition) is 0. The van der Waals surface area contributed by atoms with Gasteiger partial charge in [-0.05, 0) is 18.6 Å². The predicted octanol–water partition coefficient (Wildman–Crippen LogP) is 2.95. The van der Waals surface area contributed by atoms with Crippen molar-refractivity contribution in [2.24, 2.45) is 0 Å². The second-order valence-corrected chi connectivity index (χ2v) is 5.46. The Labute approximate surface area is 139 Å². The number of benzene rings is 1. The first-order valence-corrected chi connectivity index (χ1v) is 7.52. The van der Waals surface area contributed by atoms with E-state index in [1.807, 2.05) is 26.0 Å². The van der Waals surface area contributed by atoms with Gasteiger partial charge in [-0.3, -0.25) is 0 Å². The van der Waals surface area contributed by atoms with Gasteiger partial charge in [-0.25, -0.2) is 4.79 Å². The average Bonchev–Trinajstić information content (AvgIpc) is 2.59. The van der Waals surface area contributed by atoms with Gasteiger partial charge in [0.25, 0.3) is 0 Å². The van der Waals surface area contributed by atoms with Gasteiger partial charge in [0.05, 0.1) is 20.3 Å². The van der Waals surface area contributed by atoms with Gasteiger partial charge in [-0.1, -0.05) is 19.1 Å². The lowest BCUT2D eigenvalue weighted by molar-refractivity contribution is 0.0237. The molecule has 7 nitrogen and oxygen atoms in total. The van der Waals surface area contributed by atoms with E-state index in [0.717, 1.165) is 5.56 Å². The van der Waals surface area contributed by atoms with Crippen LogP contribution in [0.2, 0.25) is 0 Å². The number of aromatic nitrogens is 2. The molecule has 1 aromatic carbocycles. The van der Waals surface area contributed by atoms with Crippen molar-refractivity contribution in [2.45, 2.75) is 25.9 Å². The molecule has 24 heavy (non-hydrogen) atoms. The molecule has 2 atom stereocenters. The summed E-state index contributed by atoms with van der Waals surface area (Å²) >= 11 is 0. The van der Waals surface area contributed by atoms with E-state index in [4.69, 9.17) is 18.9 Å². The first-order chi connectivity index (χ1) is 11.5. The second-order valence-electron chi connectivity index (χ2n) is 5.46. The van der Waals surface area contributed by atoms with E-state index in [1.54, 1.807) is 6.07 Å². The molecule has 3 rings (SSSR count). The van der Waals surface area contributed by atoms with Crippen molar-refractivity contribution in [1.29, 1.82) is 0 Å². The van der Waals surface area contributed by atoms with Crippen LogP contribution in [0.3, 0.4) is 0 Å². The molecular formula is C17H18N2O5. The van der Waals surface area contributed by atoms with Gasteiger partial charge in [-0.2, -0.15) is 9.97 Å². The lowest BCUT2D eigenvalue weighted by atomic mass is 9.89. The lowest BCUT2D eigenvalue weighted by Crippen LogP contribution is -2.28. The Morgan fingerprint density at radius 1 is 1.08 bits per heavy atom. The van der Waals surface area contributed by atoms with E-state index in [9.17, 15) is 4.79 Å². The molecule has 1 aliphatic rings. The lowest BCUT2D eigenvalue weighted by Gasteiger charge is -2.29. The fourth-order valence-electron chi connectivity index (χ4n) is 2.55. The van der Waals surface area contributed by atoms with E-state index in [1.165, 1.54) is 20.3 Å². The summed E-state index contributed by atoms with van der Waals surface area (Å²) < 4.78 is 21.3. The molecule has 7 heteroatoms. The number of carbonyl (C=O) groups is 1. The van der Waals surface area contributed by atoms with Crippen LogP contribution in [0.25, 0.3) is 0 Å².